The highest BCUT2D eigenvalue weighted by molar-refractivity contribution is 5.73. The van der Waals surface area contributed by atoms with Crippen LogP contribution in [0, 0.1) is 17.8 Å². The molecule has 3 nitrogen and oxygen atoms in total. The summed E-state index contributed by atoms with van der Waals surface area (Å²) in [5.74, 6) is -7.02. The number of carbonyl (C=O) groups excluding carboxylic acids is 1. The Morgan fingerprint density at radius 1 is 1.04 bits per heavy atom. The van der Waals surface area contributed by atoms with Gasteiger partial charge in [-0.2, -0.15) is 26.3 Å². The molecule has 140 valence electrons. The van der Waals surface area contributed by atoms with Gasteiger partial charge in [0.15, 0.2) is 0 Å². The average Bonchev–Trinajstić information content (AvgIpc) is 2.48. The highest BCUT2D eigenvalue weighted by Gasteiger charge is 2.54. The van der Waals surface area contributed by atoms with Crippen molar-refractivity contribution in [1.82, 2.24) is 0 Å². The van der Waals surface area contributed by atoms with Gasteiger partial charge in [-0.3, -0.25) is 4.79 Å². The van der Waals surface area contributed by atoms with Crippen LogP contribution in [0.2, 0.25) is 0 Å². The van der Waals surface area contributed by atoms with E-state index in [0.717, 1.165) is 0 Å². The van der Waals surface area contributed by atoms with Crippen LogP contribution in [-0.2, 0) is 14.3 Å². The van der Waals surface area contributed by atoms with Crippen molar-refractivity contribution in [1.29, 1.82) is 0 Å². The first-order valence-corrected chi connectivity index (χ1v) is 7.60. The topological polar surface area (TPSA) is 35.5 Å². The summed E-state index contributed by atoms with van der Waals surface area (Å²) in [4.78, 5) is 11.9. The average molecular weight is 362 g/mol. The molecule has 24 heavy (non-hydrogen) atoms. The monoisotopic (exact) mass is 362 g/mol. The molecule has 3 unspecified atom stereocenters. The lowest BCUT2D eigenvalue weighted by Gasteiger charge is -2.36. The Morgan fingerprint density at radius 3 is 2.21 bits per heavy atom. The standard InChI is InChI=1S/C15H20F6O3/c1-2-23-7-3-4-8-24-13(22)11-9-10(14(16,17)18)5-6-12(11)15(19,20)21/h2,10-12H,1,3-9H2. The molecule has 1 aliphatic rings. The third-order valence-corrected chi connectivity index (χ3v) is 4.06. The zero-order valence-electron chi connectivity index (χ0n) is 13.0. The number of hydrogen-bond donors (Lipinski definition) is 0. The summed E-state index contributed by atoms with van der Waals surface area (Å²) in [5, 5.41) is 0. The van der Waals surface area contributed by atoms with Crippen molar-refractivity contribution in [2.24, 2.45) is 17.8 Å². The molecule has 9 heteroatoms. The van der Waals surface area contributed by atoms with Crippen molar-refractivity contribution in [2.75, 3.05) is 13.2 Å². The van der Waals surface area contributed by atoms with Crippen LogP contribution in [0.25, 0.3) is 0 Å². The van der Waals surface area contributed by atoms with E-state index in [2.05, 4.69) is 6.58 Å². The molecule has 0 bridgehead atoms. The fraction of sp³-hybridized carbons (Fsp3) is 0.800. The predicted octanol–water partition coefficient (Wildman–Crippen LogP) is 4.63. The van der Waals surface area contributed by atoms with Crippen LogP contribution in [-0.4, -0.2) is 31.5 Å². The number of carbonyl (C=O) groups is 1. The molecular weight excluding hydrogens is 342 g/mol. The largest absolute Gasteiger partial charge is 0.502 e. The SMILES string of the molecule is C=COCCCCOC(=O)C1CC(C(F)(F)F)CCC1C(F)(F)F. The van der Waals surface area contributed by atoms with E-state index in [1.807, 2.05) is 0 Å². The zero-order chi connectivity index (χ0) is 18.4. The molecule has 0 aliphatic heterocycles. The Labute approximate surface area is 136 Å². The Morgan fingerprint density at radius 2 is 1.67 bits per heavy atom. The lowest BCUT2D eigenvalue weighted by Crippen LogP contribution is -2.43. The van der Waals surface area contributed by atoms with Gasteiger partial charge in [0.2, 0.25) is 0 Å². The smallest absolute Gasteiger partial charge is 0.392 e. The van der Waals surface area contributed by atoms with E-state index in [1.54, 1.807) is 0 Å². The van der Waals surface area contributed by atoms with Crippen LogP contribution in [0.3, 0.4) is 0 Å². The minimum atomic E-state index is -4.72. The third kappa shape index (κ3) is 6.24. The molecule has 1 aliphatic carbocycles. The molecule has 1 saturated carbocycles. The first-order valence-electron chi connectivity index (χ1n) is 7.60. The van der Waals surface area contributed by atoms with E-state index in [0.29, 0.717) is 19.4 Å². The lowest BCUT2D eigenvalue weighted by atomic mass is 9.73. The fourth-order valence-corrected chi connectivity index (χ4v) is 2.77. The molecule has 0 aromatic carbocycles. The van der Waals surface area contributed by atoms with Crippen LogP contribution in [0.15, 0.2) is 12.8 Å². The molecule has 0 aromatic rings. The Hall–Kier alpha value is -1.41. The van der Waals surface area contributed by atoms with E-state index < -0.39 is 55.3 Å². The summed E-state index contributed by atoms with van der Waals surface area (Å²) in [6.45, 7) is 3.48. The Bertz CT molecular complexity index is 418. The molecule has 0 spiro atoms. The molecule has 3 atom stereocenters. The molecule has 0 aromatic heterocycles. The number of esters is 1. The second-order valence-corrected chi connectivity index (χ2v) is 5.72. The maximum Gasteiger partial charge on any atom is 0.392 e. The molecule has 0 N–H and O–H groups in total. The molecule has 0 amide bonds. The fourth-order valence-electron chi connectivity index (χ4n) is 2.77. The summed E-state index contributed by atoms with van der Waals surface area (Å²) in [6.07, 6.45) is -9.53. The number of rotatable bonds is 7. The second kappa shape index (κ2) is 8.62. The Balaban J connectivity index is 2.62. The molecule has 0 heterocycles. The van der Waals surface area contributed by atoms with E-state index in [4.69, 9.17) is 9.47 Å². The predicted molar refractivity (Wildman–Crippen MR) is 72.8 cm³/mol. The van der Waals surface area contributed by atoms with E-state index in [1.165, 1.54) is 6.26 Å². The maximum atomic E-state index is 13.0. The highest BCUT2D eigenvalue weighted by atomic mass is 19.4. The molecule has 1 fully saturated rings. The first-order chi connectivity index (χ1) is 11.1. The minimum absolute atomic E-state index is 0.156. The van der Waals surface area contributed by atoms with Crippen LogP contribution < -0.4 is 0 Å². The van der Waals surface area contributed by atoms with Crippen LogP contribution >= 0.6 is 0 Å². The number of halogens is 6. The first kappa shape index (κ1) is 20.6. The van der Waals surface area contributed by atoms with E-state index >= 15 is 0 Å². The van der Waals surface area contributed by atoms with Gasteiger partial charge in [0.1, 0.15) is 0 Å². The van der Waals surface area contributed by atoms with Gasteiger partial charge in [-0.15, -0.1) is 0 Å². The number of ether oxygens (including phenoxy) is 2. The van der Waals surface area contributed by atoms with Crippen molar-refractivity contribution in [3.8, 4) is 0 Å². The van der Waals surface area contributed by atoms with Crippen LogP contribution in [0.1, 0.15) is 32.1 Å². The number of unbranched alkanes of at least 4 members (excludes halogenated alkanes) is 1. The number of hydrogen-bond acceptors (Lipinski definition) is 3. The highest BCUT2D eigenvalue weighted by Crippen LogP contribution is 2.48. The van der Waals surface area contributed by atoms with Gasteiger partial charge in [-0.05, 0) is 32.1 Å². The van der Waals surface area contributed by atoms with Gasteiger partial charge in [0.25, 0.3) is 0 Å². The van der Waals surface area contributed by atoms with Gasteiger partial charge in [-0.25, -0.2) is 0 Å². The van der Waals surface area contributed by atoms with Gasteiger partial charge in [-0.1, -0.05) is 6.58 Å². The van der Waals surface area contributed by atoms with Crippen molar-refractivity contribution in [3.63, 3.8) is 0 Å². The van der Waals surface area contributed by atoms with Crippen molar-refractivity contribution >= 4 is 5.97 Å². The normalized spacial score (nSPS) is 25.2. The van der Waals surface area contributed by atoms with Gasteiger partial charge < -0.3 is 9.47 Å². The van der Waals surface area contributed by atoms with Gasteiger partial charge >= 0.3 is 18.3 Å². The lowest BCUT2D eigenvalue weighted by molar-refractivity contribution is -0.231. The molecule has 0 saturated heterocycles. The van der Waals surface area contributed by atoms with E-state index in [-0.39, 0.29) is 6.61 Å². The number of alkyl halides is 6. The van der Waals surface area contributed by atoms with E-state index in [9.17, 15) is 31.1 Å². The molecular formula is C15H20F6O3. The van der Waals surface area contributed by atoms with Crippen LogP contribution in [0.5, 0.6) is 0 Å². The quantitative estimate of drug-likeness (QED) is 0.287. The summed E-state index contributed by atoms with van der Waals surface area (Å²) in [7, 11) is 0. The maximum absolute atomic E-state index is 13.0. The summed E-state index contributed by atoms with van der Waals surface area (Å²) >= 11 is 0. The summed E-state index contributed by atoms with van der Waals surface area (Å²) in [6, 6.07) is 0. The van der Waals surface area contributed by atoms with Crippen molar-refractivity contribution < 1.29 is 40.6 Å². The molecule has 1 rings (SSSR count). The second-order valence-electron chi connectivity index (χ2n) is 5.72. The molecule has 0 radical (unpaired) electrons. The minimum Gasteiger partial charge on any atom is -0.502 e. The Kier molecular flexibility index (Phi) is 7.41. The van der Waals surface area contributed by atoms with Crippen molar-refractivity contribution in [3.05, 3.63) is 12.8 Å². The third-order valence-electron chi connectivity index (χ3n) is 4.06. The van der Waals surface area contributed by atoms with Gasteiger partial charge in [0, 0.05) is 0 Å². The van der Waals surface area contributed by atoms with Gasteiger partial charge in [0.05, 0.1) is 37.2 Å². The van der Waals surface area contributed by atoms with Crippen LogP contribution in [0.4, 0.5) is 26.3 Å². The summed E-state index contributed by atoms with van der Waals surface area (Å²) in [5.41, 5.74) is 0. The van der Waals surface area contributed by atoms with Crippen molar-refractivity contribution in [2.45, 2.75) is 44.5 Å². The summed E-state index contributed by atoms with van der Waals surface area (Å²) < 4.78 is 86.9. The zero-order valence-corrected chi connectivity index (χ0v) is 13.0.